The standard InChI is InChI=1S/C31H52O2/c1-19-10-15-31(32-18-19)20(2)27-26(33-31)17-25-23-9-8-22-16-21(28(3,4)5)11-13-29(22,6)24(23)12-14-30(25,27)7/h19-27H,8-18H2,1-7H3. The van der Waals surface area contributed by atoms with Crippen molar-refractivity contribution in [3.8, 4) is 0 Å². The van der Waals surface area contributed by atoms with Crippen molar-refractivity contribution < 1.29 is 9.47 Å². The quantitative estimate of drug-likeness (QED) is 0.366. The van der Waals surface area contributed by atoms with Crippen molar-refractivity contribution in [2.45, 2.75) is 125 Å². The molecular weight excluding hydrogens is 404 g/mol. The lowest BCUT2D eigenvalue weighted by Crippen LogP contribution is -2.55. The SMILES string of the molecule is CC1CCC2(OC1)OC1CC3C4CCC5CC(C(C)(C)C)CCC5(C)C4CCC3(C)C1C2C. The zero-order valence-electron chi connectivity index (χ0n) is 22.8. The molecule has 2 saturated heterocycles. The molecule has 12 atom stereocenters. The Morgan fingerprint density at radius 1 is 0.788 bits per heavy atom. The van der Waals surface area contributed by atoms with Crippen LogP contribution in [0.15, 0.2) is 0 Å². The maximum atomic E-state index is 6.97. The summed E-state index contributed by atoms with van der Waals surface area (Å²) in [5.74, 6) is 6.37. The van der Waals surface area contributed by atoms with Crippen molar-refractivity contribution >= 4 is 0 Å². The van der Waals surface area contributed by atoms with Crippen molar-refractivity contribution in [3.63, 3.8) is 0 Å². The molecule has 0 aromatic carbocycles. The first-order valence-corrected chi connectivity index (χ1v) is 14.8. The van der Waals surface area contributed by atoms with Crippen LogP contribution in [0.1, 0.15) is 113 Å². The third-order valence-electron chi connectivity index (χ3n) is 13.2. The van der Waals surface area contributed by atoms with Crippen LogP contribution in [0.25, 0.3) is 0 Å². The van der Waals surface area contributed by atoms with Crippen LogP contribution in [0.5, 0.6) is 0 Å². The molecule has 188 valence electrons. The summed E-state index contributed by atoms with van der Waals surface area (Å²) in [5, 5.41) is 0. The highest BCUT2D eigenvalue weighted by atomic mass is 16.7. The van der Waals surface area contributed by atoms with E-state index >= 15 is 0 Å². The molecule has 0 N–H and O–H groups in total. The number of fused-ring (bicyclic) bond motifs is 7. The predicted octanol–water partition coefficient (Wildman–Crippen LogP) is 8.10. The van der Waals surface area contributed by atoms with Crippen LogP contribution in [0.2, 0.25) is 0 Å². The van der Waals surface area contributed by atoms with Gasteiger partial charge in [-0.2, -0.15) is 0 Å². The third-order valence-corrected chi connectivity index (χ3v) is 13.2. The topological polar surface area (TPSA) is 18.5 Å². The van der Waals surface area contributed by atoms with Gasteiger partial charge in [0, 0.05) is 12.3 Å². The summed E-state index contributed by atoms with van der Waals surface area (Å²) in [6, 6.07) is 0. The molecule has 2 heteroatoms. The molecule has 33 heavy (non-hydrogen) atoms. The van der Waals surface area contributed by atoms with Gasteiger partial charge >= 0.3 is 0 Å². The van der Waals surface area contributed by atoms with E-state index in [9.17, 15) is 0 Å². The summed E-state index contributed by atoms with van der Waals surface area (Å²) in [6.45, 7) is 18.6. The molecular formula is C31H52O2. The van der Waals surface area contributed by atoms with E-state index in [2.05, 4.69) is 48.5 Å². The molecule has 6 fully saturated rings. The smallest absolute Gasteiger partial charge is 0.171 e. The van der Waals surface area contributed by atoms with E-state index in [1.165, 1.54) is 57.8 Å². The molecule has 4 saturated carbocycles. The van der Waals surface area contributed by atoms with Crippen LogP contribution in [0.4, 0.5) is 0 Å². The lowest BCUT2D eigenvalue weighted by molar-refractivity contribution is -0.273. The van der Waals surface area contributed by atoms with E-state index in [0.29, 0.717) is 40.1 Å². The largest absolute Gasteiger partial charge is 0.349 e. The van der Waals surface area contributed by atoms with E-state index in [4.69, 9.17) is 9.47 Å². The Morgan fingerprint density at radius 2 is 1.55 bits per heavy atom. The molecule has 4 aliphatic carbocycles. The Hall–Kier alpha value is -0.0800. The molecule has 6 aliphatic rings. The second kappa shape index (κ2) is 7.47. The molecule has 0 aromatic rings. The molecule has 2 aliphatic heterocycles. The van der Waals surface area contributed by atoms with Gasteiger partial charge in [-0.3, -0.25) is 0 Å². The van der Waals surface area contributed by atoms with E-state index < -0.39 is 0 Å². The summed E-state index contributed by atoms with van der Waals surface area (Å²) in [4.78, 5) is 0. The van der Waals surface area contributed by atoms with Gasteiger partial charge in [0.2, 0.25) is 0 Å². The first-order valence-electron chi connectivity index (χ1n) is 14.8. The minimum absolute atomic E-state index is 0.262. The summed E-state index contributed by atoms with van der Waals surface area (Å²) in [7, 11) is 0. The van der Waals surface area contributed by atoms with E-state index in [1.807, 2.05) is 0 Å². The van der Waals surface area contributed by atoms with Crippen molar-refractivity contribution in [2.75, 3.05) is 6.61 Å². The Morgan fingerprint density at radius 3 is 2.24 bits per heavy atom. The normalized spacial score (nSPS) is 58.5. The van der Waals surface area contributed by atoms with E-state index in [-0.39, 0.29) is 5.79 Å². The van der Waals surface area contributed by atoms with Gasteiger partial charge in [0.05, 0.1) is 12.7 Å². The minimum atomic E-state index is -0.262. The van der Waals surface area contributed by atoms with Crippen LogP contribution in [-0.4, -0.2) is 18.5 Å². The lowest BCUT2D eigenvalue weighted by Gasteiger charge is -2.62. The Labute approximate surface area is 204 Å². The monoisotopic (exact) mass is 456 g/mol. The lowest BCUT2D eigenvalue weighted by atomic mass is 9.43. The maximum Gasteiger partial charge on any atom is 0.171 e. The van der Waals surface area contributed by atoms with Crippen LogP contribution >= 0.6 is 0 Å². The van der Waals surface area contributed by atoms with Gasteiger partial charge in [-0.15, -0.1) is 0 Å². The first-order chi connectivity index (χ1) is 15.5. The molecule has 12 unspecified atom stereocenters. The fraction of sp³-hybridized carbons (Fsp3) is 1.00. The average molecular weight is 457 g/mol. The van der Waals surface area contributed by atoms with Gasteiger partial charge in [-0.05, 0) is 115 Å². The van der Waals surface area contributed by atoms with Crippen LogP contribution < -0.4 is 0 Å². The van der Waals surface area contributed by atoms with Gasteiger partial charge in [0.1, 0.15) is 0 Å². The van der Waals surface area contributed by atoms with Gasteiger partial charge in [-0.25, -0.2) is 0 Å². The predicted molar refractivity (Wildman–Crippen MR) is 135 cm³/mol. The zero-order valence-corrected chi connectivity index (χ0v) is 22.8. The Kier molecular flexibility index (Phi) is 5.28. The summed E-state index contributed by atoms with van der Waals surface area (Å²) in [6.07, 6.45) is 14.5. The van der Waals surface area contributed by atoms with Crippen LogP contribution in [0, 0.1) is 63.6 Å². The second-order valence-electron chi connectivity index (χ2n) is 15.5. The minimum Gasteiger partial charge on any atom is -0.349 e. The average Bonchev–Trinajstić information content (AvgIpc) is 3.19. The van der Waals surface area contributed by atoms with Gasteiger partial charge < -0.3 is 9.47 Å². The first kappa shape index (κ1) is 23.3. The fourth-order valence-corrected chi connectivity index (χ4v) is 11.1. The zero-order chi connectivity index (χ0) is 23.4. The highest BCUT2D eigenvalue weighted by Gasteiger charge is 2.69. The molecule has 0 amide bonds. The highest BCUT2D eigenvalue weighted by Crippen LogP contribution is 2.71. The van der Waals surface area contributed by atoms with E-state index in [0.717, 1.165) is 42.6 Å². The Bertz CT molecular complexity index is 759. The van der Waals surface area contributed by atoms with Crippen LogP contribution in [0.3, 0.4) is 0 Å². The molecule has 6 rings (SSSR count). The molecule has 2 nitrogen and oxygen atoms in total. The fourth-order valence-electron chi connectivity index (χ4n) is 11.1. The van der Waals surface area contributed by atoms with Crippen molar-refractivity contribution in [3.05, 3.63) is 0 Å². The second-order valence-corrected chi connectivity index (χ2v) is 15.5. The van der Waals surface area contributed by atoms with E-state index in [1.54, 1.807) is 0 Å². The number of ether oxygens (including phenoxy) is 2. The van der Waals surface area contributed by atoms with Crippen molar-refractivity contribution in [1.29, 1.82) is 0 Å². The molecule has 1 spiro atoms. The van der Waals surface area contributed by atoms with Crippen molar-refractivity contribution in [1.82, 2.24) is 0 Å². The molecule has 2 heterocycles. The number of hydrogen-bond acceptors (Lipinski definition) is 2. The molecule has 0 bridgehead atoms. The number of hydrogen-bond donors (Lipinski definition) is 0. The Balaban J connectivity index is 1.22. The number of rotatable bonds is 0. The van der Waals surface area contributed by atoms with Gasteiger partial charge in [0.15, 0.2) is 5.79 Å². The molecule has 0 radical (unpaired) electrons. The highest BCUT2D eigenvalue weighted by molar-refractivity contribution is 5.15. The summed E-state index contributed by atoms with van der Waals surface area (Å²) >= 11 is 0. The van der Waals surface area contributed by atoms with Gasteiger partial charge in [-0.1, -0.05) is 48.5 Å². The van der Waals surface area contributed by atoms with Crippen molar-refractivity contribution in [2.24, 2.45) is 63.6 Å². The third kappa shape index (κ3) is 3.24. The summed E-state index contributed by atoms with van der Waals surface area (Å²) in [5.41, 5.74) is 1.54. The van der Waals surface area contributed by atoms with Crippen LogP contribution in [-0.2, 0) is 9.47 Å². The molecule has 0 aromatic heterocycles. The summed E-state index contributed by atoms with van der Waals surface area (Å²) < 4.78 is 13.5. The van der Waals surface area contributed by atoms with Gasteiger partial charge in [0.25, 0.3) is 0 Å². The maximum absolute atomic E-state index is 6.97.